The van der Waals surface area contributed by atoms with E-state index in [1.165, 1.54) is 50.1 Å². The molecule has 0 aliphatic carbocycles. The number of para-hydroxylation sites is 1. The number of hydrogen-bond donors (Lipinski definition) is 1. The quantitative estimate of drug-likeness (QED) is 0.896. The lowest BCUT2D eigenvalue weighted by Gasteiger charge is -2.54. The van der Waals surface area contributed by atoms with Gasteiger partial charge in [0, 0.05) is 24.2 Å². The van der Waals surface area contributed by atoms with E-state index in [1.54, 1.807) is 5.69 Å². The summed E-state index contributed by atoms with van der Waals surface area (Å²) in [5.41, 5.74) is 5.24. The van der Waals surface area contributed by atoms with Gasteiger partial charge in [-0.15, -0.1) is 0 Å². The molecule has 2 nitrogen and oxygen atoms in total. The Bertz CT molecular complexity index is 416. The third-order valence-electron chi connectivity index (χ3n) is 5.00. The van der Waals surface area contributed by atoms with Crippen LogP contribution in [0.4, 0.5) is 5.69 Å². The van der Waals surface area contributed by atoms with Crippen LogP contribution < -0.4 is 10.2 Å². The Morgan fingerprint density at radius 3 is 2.16 bits per heavy atom. The molecule has 2 fully saturated rings. The number of benzene rings is 1. The van der Waals surface area contributed by atoms with Crippen molar-refractivity contribution in [1.82, 2.24) is 5.32 Å². The Morgan fingerprint density at radius 2 is 1.63 bits per heavy atom. The molecule has 0 aromatic heterocycles. The molecule has 0 atom stereocenters. The first kappa shape index (κ1) is 13.0. The summed E-state index contributed by atoms with van der Waals surface area (Å²) in [6.07, 6.45) is 5.01. The summed E-state index contributed by atoms with van der Waals surface area (Å²) in [5.74, 6) is 0. The summed E-state index contributed by atoms with van der Waals surface area (Å²) < 4.78 is 0. The second-order valence-electron chi connectivity index (χ2n) is 6.24. The predicted octanol–water partition coefficient (Wildman–Crippen LogP) is 3.00. The zero-order chi connectivity index (χ0) is 13.3. The molecule has 1 aromatic carbocycles. The summed E-state index contributed by atoms with van der Waals surface area (Å²) in [7, 11) is 0. The van der Waals surface area contributed by atoms with Gasteiger partial charge < -0.3 is 10.2 Å². The number of hydrogen-bond acceptors (Lipinski definition) is 2. The van der Waals surface area contributed by atoms with Gasteiger partial charge in [-0.2, -0.15) is 0 Å². The first-order valence-electron chi connectivity index (χ1n) is 7.84. The first-order valence-corrected chi connectivity index (χ1v) is 7.84. The fourth-order valence-electron chi connectivity index (χ4n) is 3.82. The van der Waals surface area contributed by atoms with Gasteiger partial charge >= 0.3 is 0 Å². The van der Waals surface area contributed by atoms with E-state index < -0.39 is 0 Å². The van der Waals surface area contributed by atoms with E-state index in [2.05, 4.69) is 42.3 Å². The Kier molecular flexibility index (Phi) is 3.53. The maximum Gasteiger partial charge on any atom is 0.0431 e. The van der Waals surface area contributed by atoms with Crippen molar-refractivity contribution in [2.45, 2.75) is 39.5 Å². The average Bonchev–Trinajstić information content (AvgIpc) is 2.44. The minimum Gasteiger partial charge on any atom is -0.370 e. The lowest BCUT2D eigenvalue weighted by atomic mass is 9.72. The van der Waals surface area contributed by atoms with Crippen LogP contribution in [0.3, 0.4) is 0 Å². The van der Waals surface area contributed by atoms with E-state index in [0.29, 0.717) is 5.41 Å². The second kappa shape index (κ2) is 5.16. The Balaban J connectivity index is 1.80. The van der Waals surface area contributed by atoms with Crippen molar-refractivity contribution in [3.8, 4) is 0 Å². The molecule has 104 valence electrons. The zero-order valence-corrected chi connectivity index (χ0v) is 12.3. The van der Waals surface area contributed by atoms with Crippen LogP contribution in [0.25, 0.3) is 0 Å². The highest BCUT2D eigenvalue weighted by Crippen LogP contribution is 2.43. The summed E-state index contributed by atoms with van der Waals surface area (Å²) in [6.45, 7) is 9.53. The van der Waals surface area contributed by atoms with Gasteiger partial charge in [-0.05, 0) is 49.9 Å². The normalized spacial score (nSPS) is 21.5. The molecule has 2 heterocycles. The van der Waals surface area contributed by atoms with Crippen LogP contribution in [0.5, 0.6) is 0 Å². The van der Waals surface area contributed by atoms with Gasteiger partial charge in [0.1, 0.15) is 0 Å². The molecule has 0 radical (unpaired) electrons. The fraction of sp³-hybridized carbons (Fsp3) is 0.647. The molecule has 3 rings (SSSR count). The third kappa shape index (κ3) is 2.27. The van der Waals surface area contributed by atoms with Crippen LogP contribution in [0, 0.1) is 5.41 Å². The summed E-state index contributed by atoms with van der Waals surface area (Å²) in [4.78, 5) is 2.64. The van der Waals surface area contributed by atoms with E-state index in [4.69, 9.17) is 0 Å². The molecular formula is C17H26N2. The molecule has 1 N–H and O–H groups in total. The van der Waals surface area contributed by atoms with Crippen LogP contribution in [0.15, 0.2) is 18.2 Å². The molecule has 19 heavy (non-hydrogen) atoms. The van der Waals surface area contributed by atoms with Gasteiger partial charge in [0.25, 0.3) is 0 Å². The van der Waals surface area contributed by atoms with Crippen molar-refractivity contribution in [3.05, 3.63) is 29.3 Å². The molecule has 0 amide bonds. The highest BCUT2D eigenvalue weighted by molar-refractivity contribution is 5.62. The second-order valence-corrected chi connectivity index (χ2v) is 6.24. The number of piperidine rings is 1. The molecule has 0 bridgehead atoms. The molecule has 0 unspecified atom stereocenters. The fourth-order valence-corrected chi connectivity index (χ4v) is 3.82. The number of nitrogens with one attached hydrogen (secondary N) is 1. The maximum absolute atomic E-state index is 3.49. The van der Waals surface area contributed by atoms with Gasteiger partial charge in [0.05, 0.1) is 0 Å². The minimum atomic E-state index is 0.622. The van der Waals surface area contributed by atoms with Crippen molar-refractivity contribution >= 4 is 5.69 Å². The van der Waals surface area contributed by atoms with Crippen molar-refractivity contribution in [2.75, 3.05) is 31.1 Å². The Hall–Kier alpha value is -1.02. The molecule has 1 aromatic rings. The van der Waals surface area contributed by atoms with Crippen molar-refractivity contribution in [1.29, 1.82) is 0 Å². The van der Waals surface area contributed by atoms with Crippen LogP contribution >= 0.6 is 0 Å². The van der Waals surface area contributed by atoms with E-state index in [9.17, 15) is 0 Å². The Morgan fingerprint density at radius 1 is 1.05 bits per heavy atom. The highest BCUT2D eigenvalue weighted by atomic mass is 15.2. The molecule has 2 aliphatic rings. The number of rotatable bonds is 3. The molecule has 1 spiro atoms. The van der Waals surface area contributed by atoms with E-state index in [1.807, 2.05) is 0 Å². The standard InChI is InChI=1S/C17H26N2/c1-3-14-6-5-7-15(4-2)16(14)19-12-17(13-19)8-10-18-11-9-17/h5-7,18H,3-4,8-13H2,1-2H3. The smallest absolute Gasteiger partial charge is 0.0431 e. The van der Waals surface area contributed by atoms with Gasteiger partial charge in [0.2, 0.25) is 0 Å². The van der Waals surface area contributed by atoms with E-state index >= 15 is 0 Å². The molecule has 2 aliphatic heterocycles. The predicted molar refractivity (Wildman–Crippen MR) is 81.9 cm³/mol. The zero-order valence-electron chi connectivity index (χ0n) is 12.3. The van der Waals surface area contributed by atoms with Gasteiger partial charge in [-0.3, -0.25) is 0 Å². The maximum atomic E-state index is 3.49. The van der Waals surface area contributed by atoms with Crippen molar-refractivity contribution < 1.29 is 0 Å². The van der Waals surface area contributed by atoms with Crippen LogP contribution in [-0.2, 0) is 12.8 Å². The average molecular weight is 258 g/mol. The van der Waals surface area contributed by atoms with Gasteiger partial charge in [-0.1, -0.05) is 32.0 Å². The summed E-state index contributed by atoms with van der Waals surface area (Å²) >= 11 is 0. The number of anilines is 1. The van der Waals surface area contributed by atoms with Crippen LogP contribution in [0.1, 0.15) is 37.8 Å². The number of nitrogens with zero attached hydrogens (tertiary/aromatic N) is 1. The molecule has 2 saturated heterocycles. The Labute approximate surface area is 117 Å². The van der Waals surface area contributed by atoms with Crippen molar-refractivity contribution in [2.24, 2.45) is 5.41 Å². The van der Waals surface area contributed by atoms with E-state index in [-0.39, 0.29) is 0 Å². The lowest BCUT2D eigenvalue weighted by molar-refractivity contribution is 0.149. The SMILES string of the molecule is CCc1cccc(CC)c1N1CC2(CCNCC2)C1. The highest BCUT2D eigenvalue weighted by Gasteiger charge is 2.44. The molecule has 0 saturated carbocycles. The largest absolute Gasteiger partial charge is 0.370 e. The third-order valence-corrected chi connectivity index (χ3v) is 5.00. The lowest BCUT2D eigenvalue weighted by Crippen LogP contribution is -2.60. The van der Waals surface area contributed by atoms with Crippen molar-refractivity contribution in [3.63, 3.8) is 0 Å². The first-order chi connectivity index (χ1) is 9.28. The topological polar surface area (TPSA) is 15.3 Å². The molecular weight excluding hydrogens is 232 g/mol. The number of aryl methyl sites for hydroxylation is 2. The van der Waals surface area contributed by atoms with Crippen LogP contribution in [-0.4, -0.2) is 26.2 Å². The van der Waals surface area contributed by atoms with E-state index in [0.717, 1.165) is 12.8 Å². The van der Waals surface area contributed by atoms with Gasteiger partial charge in [0.15, 0.2) is 0 Å². The minimum absolute atomic E-state index is 0.622. The molecule has 2 heteroatoms. The van der Waals surface area contributed by atoms with Crippen LogP contribution in [0.2, 0.25) is 0 Å². The van der Waals surface area contributed by atoms with Gasteiger partial charge in [-0.25, -0.2) is 0 Å². The summed E-state index contributed by atoms with van der Waals surface area (Å²) in [6, 6.07) is 6.84. The monoisotopic (exact) mass is 258 g/mol. The summed E-state index contributed by atoms with van der Waals surface area (Å²) in [5, 5.41) is 3.49.